The van der Waals surface area contributed by atoms with Crippen LogP contribution in [0, 0.1) is 5.92 Å². The first-order chi connectivity index (χ1) is 11.2. The van der Waals surface area contributed by atoms with Crippen LogP contribution in [0.1, 0.15) is 46.5 Å². The van der Waals surface area contributed by atoms with Gasteiger partial charge in [-0.15, -0.1) is 6.58 Å². The predicted molar refractivity (Wildman–Crippen MR) is 91.5 cm³/mol. The van der Waals surface area contributed by atoms with Crippen molar-refractivity contribution in [2.24, 2.45) is 5.92 Å². The Kier molecular flexibility index (Phi) is 5.91. The van der Waals surface area contributed by atoms with Gasteiger partial charge in [0.15, 0.2) is 0 Å². The van der Waals surface area contributed by atoms with Crippen LogP contribution < -0.4 is 0 Å². The number of piperidine rings is 1. The molecule has 0 aromatic carbocycles. The number of nitrogens with zero attached hydrogens (tertiary/aromatic N) is 2. The molecule has 0 aromatic heterocycles. The van der Waals surface area contributed by atoms with E-state index in [0.29, 0.717) is 32.5 Å². The second kappa shape index (κ2) is 7.55. The molecule has 2 rings (SSSR count). The van der Waals surface area contributed by atoms with Gasteiger partial charge in [0.2, 0.25) is 0 Å². The highest BCUT2D eigenvalue weighted by Crippen LogP contribution is 2.30. The molecule has 0 aromatic rings. The highest BCUT2D eigenvalue weighted by molar-refractivity contribution is 5.81. The zero-order valence-electron chi connectivity index (χ0n) is 15.0. The molecular formula is C18H30N2O4. The van der Waals surface area contributed by atoms with E-state index in [0.717, 1.165) is 12.8 Å². The number of aliphatic hydroxyl groups excluding tert-OH is 1. The third-order valence-corrected chi connectivity index (χ3v) is 4.49. The zero-order valence-corrected chi connectivity index (χ0v) is 15.0. The summed E-state index contributed by atoms with van der Waals surface area (Å²) in [7, 11) is 0. The number of rotatable bonds is 5. The molecule has 24 heavy (non-hydrogen) atoms. The molecule has 1 heterocycles. The topological polar surface area (TPSA) is 70.1 Å². The van der Waals surface area contributed by atoms with E-state index >= 15 is 0 Å². The number of ether oxygens (including phenoxy) is 1. The van der Waals surface area contributed by atoms with Crippen LogP contribution in [0.25, 0.3) is 0 Å². The van der Waals surface area contributed by atoms with E-state index in [-0.39, 0.29) is 24.0 Å². The molecule has 136 valence electrons. The van der Waals surface area contributed by atoms with Gasteiger partial charge in [-0.2, -0.15) is 0 Å². The lowest BCUT2D eigenvalue weighted by Gasteiger charge is -2.36. The first-order valence-electron chi connectivity index (χ1n) is 8.80. The van der Waals surface area contributed by atoms with Gasteiger partial charge in [0.1, 0.15) is 11.7 Å². The number of carbonyl (C=O) groups excluding carboxylic acids is 2. The van der Waals surface area contributed by atoms with Crippen LogP contribution in [0.2, 0.25) is 0 Å². The minimum Gasteiger partial charge on any atom is -0.444 e. The van der Waals surface area contributed by atoms with E-state index in [1.807, 2.05) is 20.8 Å². The summed E-state index contributed by atoms with van der Waals surface area (Å²) in [5, 5.41) is 10.5. The molecule has 0 spiro atoms. The SMILES string of the molecule is C=CCN(C(=O)C(O)C1CCN(C(=O)OC(C)(C)C)CC1)C1CC1. The summed E-state index contributed by atoms with van der Waals surface area (Å²) in [5.74, 6) is -0.310. The van der Waals surface area contributed by atoms with Crippen LogP contribution in [0.3, 0.4) is 0 Å². The molecule has 0 bridgehead atoms. The zero-order chi connectivity index (χ0) is 17.9. The van der Waals surface area contributed by atoms with Gasteiger partial charge in [-0.25, -0.2) is 4.79 Å². The molecule has 1 aliphatic heterocycles. The summed E-state index contributed by atoms with van der Waals surface area (Å²) < 4.78 is 5.37. The fraction of sp³-hybridized carbons (Fsp3) is 0.778. The van der Waals surface area contributed by atoms with E-state index in [9.17, 15) is 14.7 Å². The quantitative estimate of drug-likeness (QED) is 0.780. The Hall–Kier alpha value is -1.56. The molecule has 2 amide bonds. The van der Waals surface area contributed by atoms with Crippen molar-refractivity contribution in [1.29, 1.82) is 0 Å². The van der Waals surface area contributed by atoms with Crippen molar-refractivity contribution in [2.75, 3.05) is 19.6 Å². The van der Waals surface area contributed by atoms with E-state index in [2.05, 4.69) is 6.58 Å². The van der Waals surface area contributed by atoms with Crippen LogP contribution in [0.15, 0.2) is 12.7 Å². The Morgan fingerprint density at radius 1 is 1.29 bits per heavy atom. The molecule has 0 radical (unpaired) electrons. The normalized spacial score (nSPS) is 20.4. The van der Waals surface area contributed by atoms with Crippen molar-refractivity contribution in [2.45, 2.75) is 64.2 Å². The predicted octanol–water partition coefficient (Wildman–Crippen LogP) is 2.17. The molecule has 1 saturated carbocycles. The molecule has 6 heteroatoms. The van der Waals surface area contributed by atoms with Gasteiger partial charge in [0, 0.05) is 25.7 Å². The molecule has 1 N–H and O–H groups in total. The largest absolute Gasteiger partial charge is 0.444 e. The van der Waals surface area contributed by atoms with Gasteiger partial charge in [-0.3, -0.25) is 4.79 Å². The second-order valence-electron chi connectivity index (χ2n) is 7.76. The van der Waals surface area contributed by atoms with Crippen LogP contribution in [0.4, 0.5) is 4.79 Å². The highest BCUT2D eigenvalue weighted by Gasteiger charge is 2.39. The Morgan fingerprint density at radius 2 is 1.88 bits per heavy atom. The van der Waals surface area contributed by atoms with Gasteiger partial charge in [-0.1, -0.05) is 6.08 Å². The van der Waals surface area contributed by atoms with Crippen molar-refractivity contribution in [1.82, 2.24) is 9.80 Å². The Labute approximate surface area is 144 Å². The number of hydrogen-bond donors (Lipinski definition) is 1. The average Bonchev–Trinajstić information content (AvgIpc) is 3.34. The number of aliphatic hydroxyl groups is 1. The summed E-state index contributed by atoms with van der Waals surface area (Å²) in [6.45, 7) is 10.7. The first kappa shape index (κ1) is 18.8. The summed E-state index contributed by atoms with van der Waals surface area (Å²) in [6.07, 6.45) is 3.61. The smallest absolute Gasteiger partial charge is 0.410 e. The lowest BCUT2D eigenvalue weighted by molar-refractivity contribution is -0.144. The maximum atomic E-state index is 12.5. The number of amides is 2. The van der Waals surface area contributed by atoms with Gasteiger partial charge < -0.3 is 19.6 Å². The van der Waals surface area contributed by atoms with Crippen LogP contribution in [-0.4, -0.2) is 64.3 Å². The second-order valence-corrected chi connectivity index (χ2v) is 7.76. The average molecular weight is 338 g/mol. The number of likely N-dealkylation sites (tertiary alicyclic amines) is 1. The summed E-state index contributed by atoms with van der Waals surface area (Å²) in [6, 6.07) is 0.256. The van der Waals surface area contributed by atoms with Crippen molar-refractivity contribution < 1.29 is 19.4 Å². The third kappa shape index (κ3) is 4.97. The Balaban J connectivity index is 1.85. The minimum absolute atomic E-state index is 0.109. The fourth-order valence-corrected chi connectivity index (χ4v) is 3.04. The standard InChI is InChI=1S/C18H30N2O4/c1-5-10-20(14-6-7-14)16(22)15(21)13-8-11-19(12-9-13)17(23)24-18(2,3)4/h5,13-15,21H,1,6-12H2,2-4H3. The lowest BCUT2D eigenvalue weighted by atomic mass is 9.90. The van der Waals surface area contributed by atoms with Crippen molar-refractivity contribution in [3.8, 4) is 0 Å². The molecule has 2 aliphatic rings. The van der Waals surface area contributed by atoms with E-state index in [4.69, 9.17) is 4.74 Å². The van der Waals surface area contributed by atoms with Gasteiger partial charge in [0.25, 0.3) is 5.91 Å². The van der Waals surface area contributed by atoms with E-state index in [1.54, 1.807) is 15.9 Å². The summed E-state index contributed by atoms with van der Waals surface area (Å²) in [4.78, 5) is 28.0. The monoisotopic (exact) mass is 338 g/mol. The number of hydrogen-bond acceptors (Lipinski definition) is 4. The molecule has 1 atom stereocenters. The summed E-state index contributed by atoms with van der Waals surface area (Å²) >= 11 is 0. The van der Waals surface area contributed by atoms with Crippen LogP contribution in [-0.2, 0) is 9.53 Å². The van der Waals surface area contributed by atoms with Crippen molar-refractivity contribution >= 4 is 12.0 Å². The van der Waals surface area contributed by atoms with Crippen LogP contribution >= 0.6 is 0 Å². The van der Waals surface area contributed by atoms with Gasteiger partial charge >= 0.3 is 6.09 Å². The van der Waals surface area contributed by atoms with Gasteiger partial charge in [-0.05, 0) is 52.4 Å². The van der Waals surface area contributed by atoms with E-state index < -0.39 is 11.7 Å². The maximum Gasteiger partial charge on any atom is 0.410 e. The van der Waals surface area contributed by atoms with Crippen molar-refractivity contribution in [3.05, 3.63) is 12.7 Å². The highest BCUT2D eigenvalue weighted by atomic mass is 16.6. The maximum absolute atomic E-state index is 12.5. The molecule has 6 nitrogen and oxygen atoms in total. The Morgan fingerprint density at radius 3 is 2.33 bits per heavy atom. The molecule has 1 saturated heterocycles. The molecule has 1 aliphatic carbocycles. The molecule has 1 unspecified atom stereocenters. The molecule has 2 fully saturated rings. The van der Waals surface area contributed by atoms with E-state index in [1.165, 1.54) is 0 Å². The number of carbonyl (C=O) groups is 2. The lowest BCUT2D eigenvalue weighted by Crippen LogP contribution is -2.48. The van der Waals surface area contributed by atoms with Crippen LogP contribution in [0.5, 0.6) is 0 Å². The van der Waals surface area contributed by atoms with Crippen molar-refractivity contribution in [3.63, 3.8) is 0 Å². The molecular weight excluding hydrogens is 308 g/mol. The third-order valence-electron chi connectivity index (χ3n) is 4.49. The Bertz CT molecular complexity index is 474. The first-order valence-corrected chi connectivity index (χ1v) is 8.80. The van der Waals surface area contributed by atoms with Gasteiger partial charge in [0.05, 0.1) is 0 Å². The summed E-state index contributed by atoms with van der Waals surface area (Å²) in [5.41, 5.74) is -0.515. The minimum atomic E-state index is -0.994. The fourth-order valence-electron chi connectivity index (χ4n) is 3.04.